The van der Waals surface area contributed by atoms with E-state index in [1.54, 1.807) is 11.3 Å². The van der Waals surface area contributed by atoms with Crippen molar-refractivity contribution in [2.24, 2.45) is 0 Å². The van der Waals surface area contributed by atoms with Crippen molar-refractivity contribution in [2.75, 3.05) is 6.54 Å². The number of hydrogen-bond donors (Lipinski definition) is 1. The first-order valence-corrected chi connectivity index (χ1v) is 7.59. The van der Waals surface area contributed by atoms with Crippen molar-refractivity contribution in [2.45, 2.75) is 33.2 Å². The van der Waals surface area contributed by atoms with Crippen molar-refractivity contribution < 1.29 is 0 Å². The molecule has 0 amide bonds. The second-order valence-electron chi connectivity index (χ2n) is 4.15. The van der Waals surface area contributed by atoms with E-state index in [0.29, 0.717) is 6.04 Å². The lowest BCUT2D eigenvalue weighted by Crippen LogP contribution is -2.22. The van der Waals surface area contributed by atoms with E-state index in [2.05, 4.69) is 48.6 Å². The first-order valence-electron chi connectivity index (χ1n) is 5.89. The SMILES string of the molecule is CCNC(Cc1nc(C)cs1)c1ccc(C)s1. The Morgan fingerprint density at radius 2 is 2.18 bits per heavy atom. The molecule has 92 valence electrons. The van der Waals surface area contributed by atoms with Crippen LogP contribution in [0.5, 0.6) is 0 Å². The average Bonchev–Trinajstić information content (AvgIpc) is 2.87. The van der Waals surface area contributed by atoms with Gasteiger partial charge in [0, 0.05) is 33.3 Å². The molecule has 4 heteroatoms. The van der Waals surface area contributed by atoms with Gasteiger partial charge in [0.25, 0.3) is 0 Å². The minimum Gasteiger partial charge on any atom is -0.309 e. The van der Waals surface area contributed by atoms with Gasteiger partial charge < -0.3 is 5.32 Å². The van der Waals surface area contributed by atoms with E-state index in [4.69, 9.17) is 0 Å². The highest BCUT2D eigenvalue weighted by molar-refractivity contribution is 7.12. The normalized spacial score (nSPS) is 12.9. The lowest BCUT2D eigenvalue weighted by molar-refractivity contribution is 0.556. The van der Waals surface area contributed by atoms with Crippen molar-refractivity contribution >= 4 is 22.7 Å². The second kappa shape index (κ2) is 5.76. The monoisotopic (exact) mass is 266 g/mol. The fraction of sp³-hybridized carbons (Fsp3) is 0.462. The van der Waals surface area contributed by atoms with Crippen LogP contribution < -0.4 is 5.32 Å². The highest BCUT2D eigenvalue weighted by Gasteiger charge is 2.14. The van der Waals surface area contributed by atoms with Crippen LogP contribution in [0.15, 0.2) is 17.5 Å². The van der Waals surface area contributed by atoms with Crippen LogP contribution in [-0.2, 0) is 6.42 Å². The molecule has 1 unspecified atom stereocenters. The summed E-state index contributed by atoms with van der Waals surface area (Å²) in [7, 11) is 0. The van der Waals surface area contributed by atoms with Crippen molar-refractivity contribution in [3.05, 3.63) is 38.0 Å². The Hall–Kier alpha value is -0.710. The summed E-state index contributed by atoms with van der Waals surface area (Å²) in [5, 5.41) is 6.89. The van der Waals surface area contributed by atoms with E-state index < -0.39 is 0 Å². The highest BCUT2D eigenvalue weighted by atomic mass is 32.1. The zero-order chi connectivity index (χ0) is 12.3. The molecule has 17 heavy (non-hydrogen) atoms. The zero-order valence-electron chi connectivity index (χ0n) is 10.5. The molecule has 0 aliphatic carbocycles. The molecule has 2 rings (SSSR count). The van der Waals surface area contributed by atoms with Gasteiger partial charge in [-0.15, -0.1) is 22.7 Å². The number of nitrogens with one attached hydrogen (secondary N) is 1. The number of aromatic nitrogens is 1. The lowest BCUT2D eigenvalue weighted by Gasteiger charge is -2.14. The lowest BCUT2D eigenvalue weighted by atomic mass is 10.2. The van der Waals surface area contributed by atoms with Gasteiger partial charge in [-0.1, -0.05) is 6.92 Å². The maximum atomic E-state index is 4.55. The topological polar surface area (TPSA) is 24.9 Å². The molecule has 0 bridgehead atoms. The van der Waals surface area contributed by atoms with Gasteiger partial charge in [-0.3, -0.25) is 0 Å². The first-order chi connectivity index (χ1) is 8.19. The number of rotatable bonds is 5. The van der Waals surface area contributed by atoms with Gasteiger partial charge in [-0.25, -0.2) is 4.98 Å². The van der Waals surface area contributed by atoms with E-state index in [-0.39, 0.29) is 0 Å². The summed E-state index contributed by atoms with van der Waals surface area (Å²) in [6.45, 7) is 7.36. The number of aryl methyl sites for hydroxylation is 2. The first kappa shape index (κ1) is 12.7. The quantitative estimate of drug-likeness (QED) is 0.892. The molecule has 2 nitrogen and oxygen atoms in total. The molecule has 0 aliphatic rings. The fourth-order valence-corrected chi connectivity index (χ4v) is 3.60. The molecular formula is C13H18N2S2. The molecule has 0 radical (unpaired) electrons. The van der Waals surface area contributed by atoms with Crippen LogP contribution >= 0.6 is 22.7 Å². The molecule has 0 aromatic carbocycles. The third kappa shape index (κ3) is 3.37. The minimum absolute atomic E-state index is 0.407. The average molecular weight is 266 g/mol. The van der Waals surface area contributed by atoms with Crippen LogP contribution in [0.25, 0.3) is 0 Å². The van der Waals surface area contributed by atoms with Crippen LogP contribution in [0.4, 0.5) is 0 Å². The number of nitrogens with zero attached hydrogens (tertiary/aromatic N) is 1. The molecule has 2 aromatic rings. The van der Waals surface area contributed by atoms with E-state index in [0.717, 1.165) is 18.7 Å². The van der Waals surface area contributed by atoms with E-state index >= 15 is 0 Å². The van der Waals surface area contributed by atoms with E-state index in [1.807, 2.05) is 11.3 Å². The van der Waals surface area contributed by atoms with Gasteiger partial charge in [0.1, 0.15) is 0 Å². The van der Waals surface area contributed by atoms with Crippen LogP contribution in [0, 0.1) is 13.8 Å². The standard InChI is InChI=1S/C13H18N2S2/c1-4-14-11(12-6-5-10(3)17-12)7-13-15-9(2)8-16-13/h5-6,8,11,14H,4,7H2,1-3H3. The van der Waals surface area contributed by atoms with Gasteiger partial charge >= 0.3 is 0 Å². The third-order valence-corrected chi connectivity index (χ3v) is 4.70. The number of likely N-dealkylation sites (N-methyl/N-ethyl adjacent to an activating group) is 1. The van der Waals surface area contributed by atoms with Gasteiger partial charge in [-0.05, 0) is 32.5 Å². The van der Waals surface area contributed by atoms with Crippen LogP contribution in [-0.4, -0.2) is 11.5 Å². The summed E-state index contributed by atoms with van der Waals surface area (Å²) < 4.78 is 0. The molecule has 0 saturated carbocycles. The molecular weight excluding hydrogens is 248 g/mol. The summed E-state index contributed by atoms with van der Waals surface area (Å²) in [6, 6.07) is 4.83. The summed E-state index contributed by atoms with van der Waals surface area (Å²) in [4.78, 5) is 7.34. The molecule has 0 spiro atoms. The molecule has 0 fully saturated rings. The van der Waals surface area contributed by atoms with Crippen molar-refractivity contribution in [1.82, 2.24) is 10.3 Å². The predicted octanol–water partition coefficient (Wildman–Crippen LogP) is 3.71. The molecule has 2 heterocycles. The zero-order valence-corrected chi connectivity index (χ0v) is 12.1. The molecule has 2 aromatic heterocycles. The number of hydrogen-bond acceptors (Lipinski definition) is 4. The minimum atomic E-state index is 0.407. The van der Waals surface area contributed by atoms with E-state index in [9.17, 15) is 0 Å². The van der Waals surface area contributed by atoms with Crippen LogP contribution in [0.1, 0.15) is 33.4 Å². The Morgan fingerprint density at radius 3 is 2.71 bits per heavy atom. The van der Waals surface area contributed by atoms with Gasteiger partial charge in [-0.2, -0.15) is 0 Å². The molecule has 0 aliphatic heterocycles. The largest absolute Gasteiger partial charge is 0.309 e. The molecule has 0 saturated heterocycles. The fourth-order valence-electron chi connectivity index (χ4n) is 1.83. The van der Waals surface area contributed by atoms with E-state index in [1.165, 1.54) is 14.8 Å². The second-order valence-corrected chi connectivity index (χ2v) is 6.41. The Labute approximate surface area is 111 Å². The van der Waals surface area contributed by atoms with Crippen LogP contribution in [0.2, 0.25) is 0 Å². The van der Waals surface area contributed by atoms with Crippen molar-refractivity contribution in [3.8, 4) is 0 Å². The predicted molar refractivity (Wildman–Crippen MR) is 76.0 cm³/mol. The Morgan fingerprint density at radius 1 is 1.35 bits per heavy atom. The maximum Gasteiger partial charge on any atom is 0.0947 e. The van der Waals surface area contributed by atoms with Crippen molar-refractivity contribution in [3.63, 3.8) is 0 Å². The number of thiazole rings is 1. The van der Waals surface area contributed by atoms with Gasteiger partial charge in [0.2, 0.25) is 0 Å². The summed E-state index contributed by atoms with van der Waals surface area (Å²) in [5.41, 5.74) is 1.13. The number of thiophene rings is 1. The summed E-state index contributed by atoms with van der Waals surface area (Å²) >= 11 is 3.63. The maximum absolute atomic E-state index is 4.55. The smallest absolute Gasteiger partial charge is 0.0947 e. The van der Waals surface area contributed by atoms with Crippen molar-refractivity contribution in [1.29, 1.82) is 0 Å². The van der Waals surface area contributed by atoms with Gasteiger partial charge in [0.15, 0.2) is 0 Å². The van der Waals surface area contributed by atoms with Gasteiger partial charge in [0.05, 0.1) is 5.01 Å². The Bertz CT molecular complexity index is 473. The molecule has 1 N–H and O–H groups in total. The summed E-state index contributed by atoms with van der Waals surface area (Å²) in [6.07, 6.45) is 0.992. The highest BCUT2D eigenvalue weighted by Crippen LogP contribution is 2.26. The summed E-state index contributed by atoms with van der Waals surface area (Å²) in [5.74, 6) is 0. The Balaban J connectivity index is 2.12. The molecule has 1 atom stereocenters. The van der Waals surface area contributed by atoms with Crippen LogP contribution in [0.3, 0.4) is 0 Å². The third-order valence-electron chi connectivity index (χ3n) is 2.60. The Kier molecular flexibility index (Phi) is 4.31.